The number of benzene rings is 1. The quantitative estimate of drug-likeness (QED) is 0.558. The fraction of sp³-hybridized carbons (Fsp3) is 0.350. The van der Waals surface area contributed by atoms with Gasteiger partial charge in [0.25, 0.3) is 11.5 Å². The molecule has 3 rings (SSSR count). The van der Waals surface area contributed by atoms with Crippen LogP contribution in [-0.2, 0) is 16.1 Å². The lowest BCUT2D eigenvalue weighted by Crippen LogP contribution is -2.38. The van der Waals surface area contributed by atoms with Crippen LogP contribution in [0.15, 0.2) is 41.2 Å². The molecule has 1 aliphatic carbocycles. The molecular weight excluding hydrogens is 374 g/mol. The van der Waals surface area contributed by atoms with E-state index in [2.05, 4.69) is 21.0 Å². The van der Waals surface area contributed by atoms with E-state index in [0.717, 1.165) is 17.5 Å². The predicted octanol–water partition coefficient (Wildman–Crippen LogP) is 0.446. The van der Waals surface area contributed by atoms with Crippen molar-refractivity contribution in [3.8, 4) is 0 Å². The molecule has 0 atom stereocenters. The average molecular weight is 397 g/mol. The van der Waals surface area contributed by atoms with Crippen LogP contribution in [-0.4, -0.2) is 40.6 Å². The van der Waals surface area contributed by atoms with Gasteiger partial charge in [-0.25, -0.2) is 4.68 Å². The van der Waals surface area contributed by atoms with Crippen LogP contribution in [0, 0.1) is 12.8 Å². The summed E-state index contributed by atoms with van der Waals surface area (Å²) in [4.78, 5) is 47.4. The van der Waals surface area contributed by atoms with Gasteiger partial charge in [-0.15, -0.1) is 0 Å². The zero-order valence-electron chi connectivity index (χ0n) is 16.1. The standard InChI is InChI=1S/C20H23N5O4/c1-13-2-9-18(27)25(24-13)12-17(26)21-10-11-22-19(28)14-5-7-16(8-6-14)23-20(29)15-3-4-15/h2,5-9,15H,3-4,10-12H2,1H3,(H,21,26)(H,22,28)(H,23,29). The van der Waals surface area contributed by atoms with Gasteiger partial charge in [-0.05, 0) is 50.1 Å². The van der Waals surface area contributed by atoms with Gasteiger partial charge in [0.2, 0.25) is 11.8 Å². The Balaban J connectivity index is 1.39. The van der Waals surface area contributed by atoms with Crippen LogP contribution < -0.4 is 21.5 Å². The molecule has 0 radical (unpaired) electrons. The number of carbonyl (C=O) groups is 3. The molecule has 0 spiro atoms. The number of amides is 3. The van der Waals surface area contributed by atoms with Crippen molar-refractivity contribution in [3.05, 3.63) is 58.0 Å². The second kappa shape index (κ2) is 9.13. The maximum absolute atomic E-state index is 12.1. The van der Waals surface area contributed by atoms with Crippen LogP contribution in [0.1, 0.15) is 28.9 Å². The number of anilines is 1. The maximum atomic E-state index is 12.1. The second-order valence-corrected chi connectivity index (χ2v) is 6.92. The summed E-state index contributed by atoms with van der Waals surface area (Å²) in [5.74, 6) is -0.513. The van der Waals surface area contributed by atoms with Crippen LogP contribution in [0.25, 0.3) is 0 Å². The molecule has 1 aliphatic rings. The normalized spacial score (nSPS) is 12.9. The molecular formula is C20H23N5O4. The highest BCUT2D eigenvalue weighted by Crippen LogP contribution is 2.30. The molecule has 1 heterocycles. The second-order valence-electron chi connectivity index (χ2n) is 6.92. The molecule has 1 fully saturated rings. The zero-order chi connectivity index (χ0) is 20.8. The maximum Gasteiger partial charge on any atom is 0.267 e. The van der Waals surface area contributed by atoms with Gasteiger partial charge in [0.1, 0.15) is 6.54 Å². The van der Waals surface area contributed by atoms with E-state index in [1.165, 1.54) is 6.07 Å². The van der Waals surface area contributed by atoms with Gasteiger partial charge in [-0.2, -0.15) is 5.10 Å². The third-order valence-corrected chi connectivity index (χ3v) is 4.39. The Hall–Kier alpha value is -3.49. The number of aromatic nitrogens is 2. The summed E-state index contributed by atoms with van der Waals surface area (Å²) >= 11 is 0. The lowest BCUT2D eigenvalue weighted by molar-refractivity contribution is -0.122. The lowest BCUT2D eigenvalue weighted by atomic mass is 10.2. The minimum absolute atomic E-state index is 0.0149. The molecule has 3 amide bonds. The Kier molecular flexibility index (Phi) is 6.38. The summed E-state index contributed by atoms with van der Waals surface area (Å²) in [6.07, 6.45) is 1.86. The van der Waals surface area contributed by atoms with E-state index in [-0.39, 0.29) is 48.8 Å². The van der Waals surface area contributed by atoms with E-state index in [0.29, 0.717) is 16.9 Å². The summed E-state index contributed by atoms with van der Waals surface area (Å²) < 4.78 is 1.09. The average Bonchev–Trinajstić information content (AvgIpc) is 3.54. The van der Waals surface area contributed by atoms with E-state index in [1.807, 2.05) is 0 Å². The highest BCUT2D eigenvalue weighted by molar-refractivity contribution is 5.96. The third kappa shape index (κ3) is 6.00. The van der Waals surface area contributed by atoms with Crippen molar-refractivity contribution in [2.75, 3.05) is 18.4 Å². The number of nitrogens with one attached hydrogen (secondary N) is 3. The molecule has 152 valence electrons. The highest BCUT2D eigenvalue weighted by Gasteiger charge is 2.29. The van der Waals surface area contributed by atoms with Crippen molar-refractivity contribution in [2.24, 2.45) is 5.92 Å². The lowest BCUT2D eigenvalue weighted by Gasteiger charge is -2.09. The first kappa shape index (κ1) is 20.2. The Bertz CT molecular complexity index is 964. The Morgan fingerprint density at radius 3 is 2.41 bits per heavy atom. The van der Waals surface area contributed by atoms with Crippen LogP contribution >= 0.6 is 0 Å². The monoisotopic (exact) mass is 397 g/mol. The van der Waals surface area contributed by atoms with E-state index in [9.17, 15) is 19.2 Å². The Labute approximate surface area is 167 Å². The minimum atomic E-state index is -0.366. The van der Waals surface area contributed by atoms with Crippen molar-refractivity contribution in [2.45, 2.75) is 26.3 Å². The Morgan fingerprint density at radius 2 is 1.72 bits per heavy atom. The van der Waals surface area contributed by atoms with Crippen molar-refractivity contribution < 1.29 is 14.4 Å². The molecule has 3 N–H and O–H groups in total. The van der Waals surface area contributed by atoms with Crippen LogP contribution in [0.4, 0.5) is 5.69 Å². The van der Waals surface area contributed by atoms with E-state index in [4.69, 9.17) is 0 Å². The fourth-order valence-corrected chi connectivity index (χ4v) is 2.63. The zero-order valence-corrected chi connectivity index (χ0v) is 16.1. The summed E-state index contributed by atoms with van der Waals surface area (Å²) in [5, 5.41) is 12.1. The summed E-state index contributed by atoms with van der Waals surface area (Å²) in [6.45, 7) is 2.01. The molecule has 29 heavy (non-hydrogen) atoms. The van der Waals surface area contributed by atoms with Crippen LogP contribution in [0.2, 0.25) is 0 Å². The first-order valence-corrected chi connectivity index (χ1v) is 9.43. The number of rotatable bonds is 8. The van der Waals surface area contributed by atoms with Crippen molar-refractivity contribution in [1.29, 1.82) is 0 Å². The van der Waals surface area contributed by atoms with Gasteiger partial charge in [0.05, 0.1) is 5.69 Å². The number of hydrogen-bond acceptors (Lipinski definition) is 5. The van der Waals surface area contributed by atoms with Gasteiger partial charge in [-0.3, -0.25) is 19.2 Å². The molecule has 9 nitrogen and oxygen atoms in total. The number of aryl methyl sites for hydroxylation is 1. The molecule has 9 heteroatoms. The summed E-state index contributed by atoms with van der Waals surface area (Å²) in [6, 6.07) is 9.57. The SMILES string of the molecule is Cc1ccc(=O)n(CC(=O)NCCNC(=O)c2ccc(NC(=O)C3CC3)cc2)n1. The summed E-state index contributed by atoms with van der Waals surface area (Å²) in [7, 11) is 0. The topological polar surface area (TPSA) is 122 Å². The molecule has 1 aromatic heterocycles. The van der Waals surface area contributed by atoms with Crippen molar-refractivity contribution in [1.82, 2.24) is 20.4 Å². The van der Waals surface area contributed by atoms with E-state index < -0.39 is 0 Å². The molecule has 0 saturated heterocycles. The van der Waals surface area contributed by atoms with Crippen molar-refractivity contribution in [3.63, 3.8) is 0 Å². The Morgan fingerprint density at radius 1 is 1.03 bits per heavy atom. The van der Waals surface area contributed by atoms with Crippen LogP contribution in [0.3, 0.4) is 0 Å². The van der Waals surface area contributed by atoms with Gasteiger partial charge in [0.15, 0.2) is 0 Å². The van der Waals surface area contributed by atoms with E-state index >= 15 is 0 Å². The smallest absolute Gasteiger partial charge is 0.267 e. The van der Waals surface area contributed by atoms with Gasteiger partial charge in [-0.1, -0.05) is 0 Å². The highest BCUT2D eigenvalue weighted by atomic mass is 16.2. The van der Waals surface area contributed by atoms with Gasteiger partial charge < -0.3 is 16.0 Å². The molecule has 0 bridgehead atoms. The number of hydrogen-bond donors (Lipinski definition) is 3. The van der Waals surface area contributed by atoms with Crippen molar-refractivity contribution >= 4 is 23.4 Å². The first-order valence-electron chi connectivity index (χ1n) is 9.43. The minimum Gasteiger partial charge on any atom is -0.353 e. The van der Waals surface area contributed by atoms with E-state index in [1.54, 1.807) is 37.3 Å². The molecule has 2 aromatic rings. The third-order valence-electron chi connectivity index (χ3n) is 4.39. The van der Waals surface area contributed by atoms with Gasteiger partial charge in [0, 0.05) is 36.3 Å². The number of carbonyl (C=O) groups excluding carboxylic acids is 3. The number of nitrogens with zero attached hydrogens (tertiary/aromatic N) is 2. The van der Waals surface area contributed by atoms with Gasteiger partial charge >= 0.3 is 0 Å². The van der Waals surface area contributed by atoms with Crippen LogP contribution in [0.5, 0.6) is 0 Å². The fourth-order valence-electron chi connectivity index (χ4n) is 2.63. The molecule has 1 aromatic carbocycles. The predicted molar refractivity (Wildman–Crippen MR) is 106 cm³/mol. The largest absolute Gasteiger partial charge is 0.353 e. The molecule has 0 unspecified atom stereocenters. The molecule has 0 aliphatic heterocycles. The summed E-state index contributed by atoms with van der Waals surface area (Å²) in [5.41, 5.74) is 1.40. The molecule has 1 saturated carbocycles. The first-order chi connectivity index (χ1) is 13.9.